The van der Waals surface area contributed by atoms with Gasteiger partial charge in [0.25, 0.3) is 5.92 Å². The van der Waals surface area contributed by atoms with Crippen LogP contribution in [0.2, 0.25) is 0 Å². The first kappa shape index (κ1) is 27.3. The molecular weight excluding hydrogens is 541 g/mol. The molecule has 2 unspecified atom stereocenters. The Labute approximate surface area is 235 Å². The maximum absolute atomic E-state index is 13.5. The summed E-state index contributed by atoms with van der Waals surface area (Å²) in [6, 6.07) is 5.18. The first-order valence-electron chi connectivity index (χ1n) is 13.9. The number of ketones is 1. The van der Waals surface area contributed by atoms with Gasteiger partial charge in [-0.15, -0.1) is 0 Å². The predicted molar refractivity (Wildman–Crippen MR) is 139 cm³/mol. The van der Waals surface area contributed by atoms with Gasteiger partial charge in [0.2, 0.25) is 5.91 Å². The van der Waals surface area contributed by atoms with Crippen molar-refractivity contribution in [1.29, 1.82) is 0 Å². The Bertz CT molecular complexity index is 1350. The summed E-state index contributed by atoms with van der Waals surface area (Å²) in [5, 5.41) is 2.44. The number of likely N-dealkylation sites (tertiary alicyclic amines) is 1. The van der Waals surface area contributed by atoms with Crippen molar-refractivity contribution in [3.8, 4) is 0 Å². The molecule has 3 aliphatic carbocycles. The summed E-state index contributed by atoms with van der Waals surface area (Å²) < 4.78 is 45.5. The van der Waals surface area contributed by atoms with E-state index in [0.29, 0.717) is 30.9 Å². The van der Waals surface area contributed by atoms with E-state index >= 15 is 0 Å². The highest BCUT2D eigenvalue weighted by molar-refractivity contribution is 6.03. The topological polar surface area (TPSA) is 99.3 Å². The van der Waals surface area contributed by atoms with E-state index in [2.05, 4.69) is 5.32 Å². The molecule has 2 heterocycles. The zero-order valence-corrected chi connectivity index (χ0v) is 22.6. The number of amides is 4. The van der Waals surface area contributed by atoms with E-state index in [1.165, 1.54) is 23.1 Å². The van der Waals surface area contributed by atoms with Gasteiger partial charge < -0.3 is 19.9 Å². The number of nitrogens with one attached hydrogen (secondary N) is 1. The van der Waals surface area contributed by atoms with Crippen molar-refractivity contribution in [2.45, 2.75) is 56.7 Å². The summed E-state index contributed by atoms with van der Waals surface area (Å²) in [5.74, 6) is -4.13. The molecule has 0 aromatic heterocycles. The summed E-state index contributed by atoms with van der Waals surface area (Å²) >= 11 is 0. The number of carbonyl (C=O) groups is 4. The second-order valence-corrected chi connectivity index (χ2v) is 11.7. The third-order valence-electron chi connectivity index (χ3n) is 8.82. The van der Waals surface area contributed by atoms with Crippen molar-refractivity contribution in [1.82, 2.24) is 20.0 Å². The van der Waals surface area contributed by atoms with Gasteiger partial charge in [-0.1, -0.05) is 18.2 Å². The lowest BCUT2D eigenvalue weighted by atomic mass is 9.85. The summed E-state index contributed by atoms with van der Waals surface area (Å²) in [4.78, 5) is 56.0. The quantitative estimate of drug-likeness (QED) is 0.539. The lowest BCUT2D eigenvalue weighted by molar-refractivity contribution is -0.135. The molecule has 2 saturated heterocycles. The van der Waals surface area contributed by atoms with E-state index in [1.807, 2.05) is 6.92 Å². The summed E-state index contributed by atoms with van der Waals surface area (Å²) in [6.07, 6.45) is 5.21. The Kier molecular flexibility index (Phi) is 6.61. The van der Waals surface area contributed by atoms with Gasteiger partial charge in [-0.05, 0) is 67.9 Å². The molecule has 2 aliphatic heterocycles. The molecule has 6 rings (SSSR count). The molecule has 1 spiro atoms. The largest absolute Gasteiger partial charge is 0.436 e. The zero-order chi connectivity index (χ0) is 29.1. The Morgan fingerprint density at radius 3 is 2.46 bits per heavy atom. The molecule has 4 fully saturated rings. The Morgan fingerprint density at radius 1 is 1.10 bits per heavy atom. The Balaban J connectivity index is 1.14. The minimum absolute atomic E-state index is 0.0119. The van der Waals surface area contributed by atoms with Crippen molar-refractivity contribution in [3.63, 3.8) is 0 Å². The average Bonchev–Trinajstić information content (AvgIpc) is 3.64. The standard InChI is InChI=1S/C29H31F3N4O5/c1-17(19-4-5-19)36(12-18-2-6-20(30)7-3-18)24(37)13-34-14-28(41-27(34)40)11-10-21-22(28)8-9-23(25(21)38)33-26(39)35-15-29(31,32)16-35/h2-3,6-9,17,19,21H,4-5,10-16H2,1H3,(H,33,39)/t17?,21?,28-/m0/s1. The molecule has 4 amide bonds. The molecule has 2 saturated carbocycles. The maximum Gasteiger partial charge on any atom is 0.411 e. The molecule has 0 radical (unpaired) electrons. The van der Waals surface area contributed by atoms with E-state index < -0.39 is 42.7 Å². The van der Waals surface area contributed by atoms with E-state index in [-0.39, 0.29) is 42.3 Å². The fourth-order valence-corrected chi connectivity index (χ4v) is 6.30. The predicted octanol–water partition coefficient (Wildman–Crippen LogP) is 3.61. The number of benzene rings is 1. The first-order chi connectivity index (χ1) is 19.4. The second-order valence-electron chi connectivity index (χ2n) is 11.7. The first-order valence-corrected chi connectivity index (χ1v) is 13.9. The van der Waals surface area contributed by atoms with Gasteiger partial charge in [0.1, 0.15) is 12.4 Å². The van der Waals surface area contributed by atoms with Gasteiger partial charge in [0, 0.05) is 18.5 Å². The van der Waals surface area contributed by atoms with E-state index in [0.717, 1.165) is 23.3 Å². The van der Waals surface area contributed by atoms with Crippen LogP contribution in [-0.4, -0.2) is 82.3 Å². The molecule has 3 atom stereocenters. The van der Waals surface area contributed by atoms with Gasteiger partial charge in [-0.3, -0.25) is 14.5 Å². The molecule has 41 heavy (non-hydrogen) atoms. The number of urea groups is 1. The Morgan fingerprint density at radius 2 is 1.80 bits per heavy atom. The summed E-state index contributed by atoms with van der Waals surface area (Å²) in [5.41, 5.74) is 0.342. The molecule has 0 bridgehead atoms. The minimum atomic E-state index is -2.92. The Hall–Kier alpha value is -3.83. The van der Waals surface area contributed by atoms with Crippen LogP contribution in [0.25, 0.3) is 0 Å². The number of fused-ring (bicyclic) bond motifs is 2. The smallest absolute Gasteiger partial charge is 0.411 e. The van der Waals surface area contributed by atoms with Crippen molar-refractivity contribution < 1.29 is 37.1 Å². The highest BCUT2D eigenvalue weighted by atomic mass is 19.3. The normalized spacial score (nSPS) is 27.1. The number of hydrogen-bond acceptors (Lipinski definition) is 5. The van der Waals surface area contributed by atoms with Crippen molar-refractivity contribution in [2.24, 2.45) is 11.8 Å². The average molecular weight is 573 g/mol. The highest BCUT2D eigenvalue weighted by Gasteiger charge is 2.56. The van der Waals surface area contributed by atoms with Crippen molar-refractivity contribution in [2.75, 3.05) is 26.2 Å². The number of halogens is 3. The number of allylic oxidation sites excluding steroid dienone is 3. The maximum atomic E-state index is 13.5. The van der Waals surface area contributed by atoms with Crippen LogP contribution in [0.3, 0.4) is 0 Å². The van der Waals surface area contributed by atoms with Crippen LogP contribution >= 0.6 is 0 Å². The second kappa shape index (κ2) is 9.92. The molecular formula is C29H31F3N4O5. The van der Waals surface area contributed by atoms with Crippen LogP contribution < -0.4 is 5.32 Å². The number of hydrogen-bond donors (Lipinski definition) is 1. The molecule has 218 valence electrons. The van der Waals surface area contributed by atoms with E-state index in [1.54, 1.807) is 23.1 Å². The molecule has 12 heteroatoms. The van der Waals surface area contributed by atoms with Gasteiger partial charge in [0.05, 0.1) is 25.3 Å². The monoisotopic (exact) mass is 572 g/mol. The van der Waals surface area contributed by atoms with Crippen LogP contribution in [-0.2, 0) is 20.9 Å². The third kappa shape index (κ3) is 5.19. The number of ether oxygens (including phenoxy) is 1. The number of rotatable bonds is 7. The van der Waals surface area contributed by atoms with Crippen LogP contribution in [0.15, 0.2) is 47.7 Å². The fraction of sp³-hybridized carbons (Fsp3) is 0.517. The fourth-order valence-electron chi connectivity index (χ4n) is 6.30. The molecule has 9 nitrogen and oxygen atoms in total. The van der Waals surface area contributed by atoms with E-state index in [4.69, 9.17) is 4.74 Å². The number of alkyl halides is 2. The van der Waals surface area contributed by atoms with Gasteiger partial charge in [0.15, 0.2) is 11.4 Å². The minimum Gasteiger partial charge on any atom is -0.436 e. The van der Waals surface area contributed by atoms with Crippen molar-refractivity contribution in [3.05, 3.63) is 59.1 Å². The molecule has 1 N–H and O–H groups in total. The summed E-state index contributed by atoms with van der Waals surface area (Å²) in [7, 11) is 0. The van der Waals surface area contributed by atoms with Crippen molar-refractivity contribution >= 4 is 23.8 Å². The molecule has 1 aromatic carbocycles. The third-order valence-corrected chi connectivity index (χ3v) is 8.82. The summed E-state index contributed by atoms with van der Waals surface area (Å²) in [6.45, 7) is 0.800. The highest BCUT2D eigenvalue weighted by Crippen LogP contribution is 2.48. The molecule has 5 aliphatic rings. The van der Waals surface area contributed by atoms with Crippen LogP contribution in [0.4, 0.5) is 22.8 Å². The van der Waals surface area contributed by atoms with Crippen LogP contribution in [0.5, 0.6) is 0 Å². The number of Topliss-reactive ketones (excluding diaryl/α,β-unsaturated/α-hetero) is 1. The van der Waals surface area contributed by atoms with Crippen LogP contribution in [0.1, 0.15) is 38.2 Å². The number of carbonyl (C=O) groups excluding carboxylic acids is 4. The number of nitrogens with zero attached hydrogens (tertiary/aromatic N) is 3. The van der Waals surface area contributed by atoms with Crippen LogP contribution in [0, 0.1) is 17.7 Å². The zero-order valence-electron chi connectivity index (χ0n) is 22.6. The lowest BCUT2D eigenvalue weighted by Gasteiger charge is -2.38. The van der Waals surface area contributed by atoms with E-state index in [9.17, 15) is 32.3 Å². The SMILES string of the molecule is CC(C1CC1)N(Cc1ccc(F)cc1)C(=O)CN1C[C@]2(CCC3C(=O)C(NC(=O)N4CC(F)(F)C4)=CC=C32)OC1=O. The molecule has 1 aromatic rings. The lowest BCUT2D eigenvalue weighted by Crippen LogP contribution is -2.61. The van der Waals surface area contributed by atoms with Gasteiger partial charge in [-0.25, -0.2) is 22.8 Å². The van der Waals surface area contributed by atoms with Gasteiger partial charge in [-0.2, -0.15) is 0 Å². The van der Waals surface area contributed by atoms with Gasteiger partial charge >= 0.3 is 12.1 Å².